The topological polar surface area (TPSA) is 29.3 Å². The molecule has 0 spiro atoms. The molecule has 0 bridgehead atoms. The highest BCUT2D eigenvalue weighted by atomic mass is 15.1. The van der Waals surface area contributed by atoms with E-state index in [1.165, 1.54) is 17.5 Å². The van der Waals surface area contributed by atoms with Crippen LogP contribution in [-0.2, 0) is 0 Å². The quantitative estimate of drug-likeness (QED) is 0.836. The van der Waals surface area contributed by atoms with Gasteiger partial charge in [0.15, 0.2) is 0 Å². The summed E-state index contributed by atoms with van der Waals surface area (Å²) in [4.78, 5) is 2.40. The van der Waals surface area contributed by atoms with Gasteiger partial charge >= 0.3 is 0 Å². The fourth-order valence-electron chi connectivity index (χ4n) is 2.57. The van der Waals surface area contributed by atoms with Gasteiger partial charge in [0.1, 0.15) is 0 Å². The molecule has 0 saturated carbocycles. The monoisotopic (exact) mass is 248 g/mol. The van der Waals surface area contributed by atoms with Crippen molar-refractivity contribution in [1.82, 2.24) is 4.90 Å². The van der Waals surface area contributed by atoms with Crippen LogP contribution in [0, 0.1) is 12.8 Å². The number of rotatable bonds is 6. The lowest BCUT2D eigenvalue weighted by molar-refractivity contribution is 0.189. The SMILES string of the molecule is CCC(C)CN(C)C(c1ccccc1C)C(C)N. The molecule has 2 heteroatoms. The number of aryl methyl sites for hydroxylation is 1. The first-order chi connectivity index (χ1) is 8.47. The Labute approximate surface area is 112 Å². The van der Waals surface area contributed by atoms with Crippen molar-refractivity contribution in [3.8, 4) is 0 Å². The first-order valence-corrected chi connectivity index (χ1v) is 6.98. The van der Waals surface area contributed by atoms with Gasteiger partial charge in [0.05, 0.1) is 0 Å². The highest BCUT2D eigenvalue weighted by molar-refractivity contribution is 5.29. The van der Waals surface area contributed by atoms with E-state index in [0.717, 1.165) is 6.54 Å². The minimum absolute atomic E-state index is 0.139. The minimum atomic E-state index is 0.139. The van der Waals surface area contributed by atoms with E-state index in [1.807, 2.05) is 0 Å². The van der Waals surface area contributed by atoms with Gasteiger partial charge < -0.3 is 5.73 Å². The molecule has 0 aromatic heterocycles. The molecule has 0 aliphatic heterocycles. The predicted molar refractivity (Wildman–Crippen MR) is 79.7 cm³/mol. The van der Waals surface area contributed by atoms with Crippen molar-refractivity contribution >= 4 is 0 Å². The molecule has 18 heavy (non-hydrogen) atoms. The smallest absolute Gasteiger partial charge is 0.0496 e. The van der Waals surface area contributed by atoms with E-state index in [-0.39, 0.29) is 6.04 Å². The van der Waals surface area contributed by atoms with Gasteiger partial charge in [0, 0.05) is 18.6 Å². The zero-order valence-electron chi connectivity index (χ0n) is 12.5. The van der Waals surface area contributed by atoms with Gasteiger partial charge in [0.2, 0.25) is 0 Å². The minimum Gasteiger partial charge on any atom is -0.326 e. The zero-order valence-corrected chi connectivity index (χ0v) is 12.5. The van der Waals surface area contributed by atoms with Crippen LogP contribution in [0.5, 0.6) is 0 Å². The van der Waals surface area contributed by atoms with Gasteiger partial charge in [-0.05, 0) is 37.9 Å². The maximum atomic E-state index is 6.21. The molecule has 0 aliphatic carbocycles. The largest absolute Gasteiger partial charge is 0.326 e. The maximum Gasteiger partial charge on any atom is 0.0496 e. The standard InChI is InChI=1S/C16H28N2/c1-6-12(2)11-18(5)16(14(4)17)15-10-8-7-9-13(15)3/h7-10,12,14,16H,6,11,17H2,1-5H3. The Morgan fingerprint density at radius 2 is 1.83 bits per heavy atom. The normalized spacial score (nSPS) is 16.6. The van der Waals surface area contributed by atoms with Crippen LogP contribution >= 0.6 is 0 Å². The third-order valence-electron chi connectivity index (χ3n) is 3.78. The molecule has 3 atom stereocenters. The van der Waals surface area contributed by atoms with E-state index in [2.05, 4.69) is 63.9 Å². The van der Waals surface area contributed by atoms with Gasteiger partial charge in [-0.15, -0.1) is 0 Å². The van der Waals surface area contributed by atoms with E-state index >= 15 is 0 Å². The summed E-state index contributed by atoms with van der Waals surface area (Å²) in [6.45, 7) is 9.91. The Hall–Kier alpha value is -0.860. The Balaban J connectivity index is 2.93. The third-order valence-corrected chi connectivity index (χ3v) is 3.78. The Kier molecular flexibility index (Phi) is 5.83. The second kappa shape index (κ2) is 6.91. The molecule has 0 radical (unpaired) electrons. The summed E-state index contributed by atoms with van der Waals surface area (Å²) in [6, 6.07) is 9.01. The Morgan fingerprint density at radius 1 is 1.22 bits per heavy atom. The highest BCUT2D eigenvalue weighted by Crippen LogP contribution is 2.26. The number of nitrogens with two attached hydrogens (primary N) is 1. The number of benzene rings is 1. The van der Waals surface area contributed by atoms with Crippen molar-refractivity contribution in [3.63, 3.8) is 0 Å². The molecular weight excluding hydrogens is 220 g/mol. The van der Waals surface area contributed by atoms with Gasteiger partial charge in [-0.3, -0.25) is 4.90 Å². The first-order valence-electron chi connectivity index (χ1n) is 6.98. The lowest BCUT2D eigenvalue weighted by Gasteiger charge is -2.34. The fourth-order valence-corrected chi connectivity index (χ4v) is 2.57. The van der Waals surface area contributed by atoms with Crippen molar-refractivity contribution in [3.05, 3.63) is 35.4 Å². The van der Waals surface area contributed by atoms with Crippen molar-refractivity contribution in [2.24, 2.45) is 11.7 Å². The molecule has 3 unspecified atom stereocenters. The summed E-state index contributed by atoms with van der Waals surface area (Å²) in [6.07, 6.45) is 1.21. The third kappa shape index (κ3) is 3.82. The van der Waals surface area contributed by atoms with E-state index in [1.54, 1.807) is 0 Å². The molecule has 102 valence electrons. The summed E-state index contributed by atoms with van der Waals surface area (Å²) in [7, 11) is 2.19. The molecule has 0 heterocycles. The van der Waals surface area contributed by atoms with Crippen LogP contribution in [0.25, 0.3) is 0 Å². The molecule has 0 saturated heterocycles. The predicted octanol–water partition coefficient (Wildman–Crippen LogP) is 3.36. The number of hydrogen-bond acceptors (Lipinski definition) is 2. The Morgan fingerprint density at radius 3 is 2.33 bits per heavy atom. The number of hydrogen-bond donors (Lipinski definition) is 1. The molecule has 0 amide bonds. The summed E-state index contributed by atoms with van der Waals surface area (Å²) in [5, 5.41) is 0. The molecule has 1 rings (SSSR count). The lowest BCUT2D eigenvalue weighted by atomic mass is 9.94. The average molecular weight is 248 g/mol. The summed E-state index contributed by atoms with van der Waals surface area (Å²) >= 11 is 0. The molecule has 0 fully saturated rings. The first kappa shape index (κ1) is 15.2. The Bertz CT molecular complexity index is 360. The van der Waals surface area contributed by atoms with Crippen LogP contribution < -0.4 is 5.73 Å². The van der Waals surface area contributed by atoms with Crippen molar-refractivity contribution in [2.75, 3.05) is 13.6 Å². The van der Waals surface area contributed by atoms with E-state index in [0.29, 0.717) is 12.0 Å². The van der Waals surface area contributed by atoms with Crippen LogP contribution in [0.2, 0.25) is 0 Å². The second-order valence-corrected chi connectivity index (χ2v) is 5.61. The molecular formula is C16H28N2. The van der Waals surface area contributed by atoms with Crippen molar-refractivity contribution in [2.45, 2.75) is 46.2 Å². The van der Waals surface area contributed by atoms with Crippen molar-refractivity contribution in [1.29, 1.82) is 0 Å². The second-order valence-electron chi connectivity index (χ2n) is 5.61. The van der Waals surface area contributed by atoms with Gasteiger partial charge in [-0.25, -0.2) is 0 Å². The highest BCUT2D eigenvalue weighted by Gasteiger charge is 2.23. The van der Waals surface area contributed by atoms with Crippen LogP contribution in [0.4, 0.5) is 0 Å². The molecule has 2 N–H and O–H groups in total. The zero-order chi connectivity index (χ0) is 13.7. The molecule has 1 aromatic rings. The van der Waals surface area contributed by atoms with Crippen LogP contribution in [0.3, 0.4) is 0 Å². The summed E-state index contributed by atoms with van der Waals surface area (Å²) in [5.74, 6) is 0.709. The molecule has 1 aromatic carbocycles. The van der Waals surface area contributed by atoms with Crippen LogP contribution in [0.15, 0.2) is 24.3 Å². The molecule has 2 nitrogen and oxygen atoms in total. The van der Waals surface area contributed by atoms with E-state index in [9.17, 15) is 0 Å². The van der Waals surface area contributed by atoms with Crippen LogP contribution in [0.1, 0.15) is 44.4 Å². The van der Waals surface area contributed by atoms with Gasteiger partial charge in [-0.1, -0.05) is 44.5 Å². The summed E-state index contributed by atoms with van der Waals surface area (Å²) in [5.41, 5.74) is 8.90. The number of nitrogens with zero attached hydrogens (tertiary/aromatic N) is 1. The van der Waals surface area contributed by atoms with Gasteiger partial charge in [0.25, 0.3) is 0 Å². The van der Waals surface area contributed by atoms with Crippen LogP contribution in [-0.4, -0.2) is 24.5 Å². The molecule has 0 aliphatic rings. The summed E-state index contributed by atoms with van der Waals surface area (Å²) < 4.78 is 0. The maximum absolute atomic E-state index is 6.21. The lowest BCUT2D eigenvalue weighted by Crippen LogP contribution is -2.39. The van der Waals surface area contributed by atoms with E-state index in [4.69, 9.17) is 5.73 Å². The average Bonchev–Trinajstić information content (AvgIpc) is 2.31. The van der Waals surface area contributed by atoms with E-state index < -0.39 is 0 Å². The van der Waals surface area contributed by atoms with Crippen molar-refractivity contribution < 1.29 is 0 Å². The van der Waals surface area contributed by atoms with Gasteiger partial charge in [-0.2, -0.15) is 0 Å². The fraction of sp³-hybridized carbons (Fsp3) is 0.625. The number of likely N-dealkylation sites (N-methyl/N-ethyl adjacent to an activating group) is 1.